The number of carbonyl (C=O) groups excluding carboxylic acids is 1. The fourth-order valence-corrected chi connectivity index (χ4v) is 1.72. The van der Waals surface area contributed by atoms with E-state index in [-0.39, 0.29) is 11.6 Å². The summed E-state index contributed by atoms with van der Waals surface area (Å²) in [6.07, 6.45) is -0.717. The molecular formula is C16H18F3O3-. The predicted octanol–water partition coefficient (Wildman–Crippen LogP) is 3.48. The first-order valence-corrected chi connectivity index (χ1v) is 7.07. The largest absolute Gasteiger partial charge is 0.872 e. The van der Waals surface area contributed by atoms with E-state index in [0.29, 0.717) is 12.4 Å². The summed E-state index contributed by atoms with van der Waals surface area (Å²) in [4.78, 5) is 10.7. The summed E-state index contributed by atoms with van der Waals surface area (Å²) in [7, 11) is 0. The van der Waals surface area contributed by atoms with E-state index in [4.69, 9.17) is 4.74 Å². The molecule has 0 atom stereocenters. The van der Waals surface area contributed by atoms with Crippen LogP contribution in [0.3, 0.4) is 0 Å². The zero-order valence-electron chi connectivity index (χ0n) is 12.3. The summed E-state index contributed by atoms with van der Waals surface area (Å²) in [6.45, 7) is 2.66. The maximum Gasteiger partial charge on any atom is 0.454 e. The average molecular weight is 315 g/mol. The molecule has 0 saturated carbocycles. The molecule has 0 aliphatic heterocycles. The zero-order chi connectivity index (χ0) is 16.6. The molecule has 0 aromatic heterocycles. The molecule has 0 aliphatic carbocycles. The number of hydrogen-bond acceptors (Lipinski definition) is 3. The number of carbonyl (C=O) groups is 1. The van der Waals surface area contributed by atoms with Gasteiger partial charge in [-0.25, -0.2) is 0 Å². The predicted molar refractivity (Wildman–Crippen MR) is 75.1 cm³/mol. The van der Waals surface area contributed by atoms with Crippen LogP contribution in [-0.4, -0.2) is 18.6 Å². The third kappa shape index (κ3) is 6.20. The van der Waals surface area contributed by atoms with Crippen molar-refractivity contribution < 1.29 is 27.8 Å². The van der Waals surface area contributed by atoms with Gasteiger partial charge in [0.15, 0.2) is 0 Å². The number of hydrogen-bond donors (Lipinski definition) is 0. The van der Waals surface area contributed by atoms with E-state index in [9.17, 15) is 23.1 Å². The molecule has 1 aromatic rings. The lowest BCUT2D eigenvalue weighted by Crippen LogP contribution is -2.21. The smallest absolute Gasteiger partial charge is 0.454 e. The van der Waals surface area contributed by atoms with Gasteiger partial charge in [0.1, 0.15) is 5.75 Å². The van der Waals surface area contributed by atoms with Gasteiger partial charge in [-0.15, -0.1) is 0 Å². The molecule has 0 amide bonds. The van der Waals surface area contributed by atoms with Gasteiger partial charge < -0.3 is 9.84 Å². The van der Waals surface area contributed by atoms with Crippen LogP contribution in [0.1, 0.15) is 38.2 Å². The number of unbranched alkanes of at least 4 members (excludes halogenated alkanes) is 3. The highest BCUT2D eigenvalue weighted by Gasteiger charge is 2.36. The van der Waals surface area contributed by atoms with Crippen LogP contribution in [0, 0.1) is 0 Å². The Labute approximate surface area is 127 Å². The maximum atomic E-state index is 12.1. The summed E-state index contributed by atoms with van der Waals surface area (Å²) in [5, 5.41) is 11.5. The van der Waals surface area contributed by atoms with Gasteiger partial charge in [0.2, 0.25) is 0 Å². The number of benzene rings is 1. The van der Waals surface area contributed by atoms with E-state index in [0.717, 1.165) is 25.7 Å². The zero-order valence-corrected chi connectivity index (χ0v) is 12.3. The highest BCUT2D eigenvalue weighted by atomic mass is 19.4. The lowest BCUT2D eigenvalue weighted by molar-refractivity contribution is -0.244. The van der Waals surface area contributed by atoms with Crippen molar-refractivity contribution in [3.63, 3.8) is 0 Å². The Morgan fingerprint density at radius 2 is 1.82 bits per heavy atom. The number of ether oxygens (including phenoxy) is 1. The van der Waals surface area contributed by atoms with E-state index < -0.39 is 17.7 Å². The molecule has 0 fully saturated rings. The van der Waals surface area contributed by atoms with Crippen LogP contribution < -0.4 is 9.84 Å². The Balaban J connectivity index is 2.57. The van der Waals surface area contributed by atoms with Crippen molar-refractivity contribution in [2.75, 3.05) is 6.61 Å². The summed E-state index contributed by atoms with van der Waals surface area (Å²) < 4.78 is 41.6. The summed E-state index contributed by atoms with van der Waals surface area (Å²) in [5.41, 5.74) is 0.0101. The topological polar surface area (TPSA) is 49.4 Å². The van der Waals surface area contributed by atoms with Crippen LogP contribution in [0.15, 0.2) is 30.3 Å². The molecule has 0 heterocycles. The van der Waals surface area contributed by atoms with Crippen molar-refractivity contribution in [2.24, 2.45) is 0 Å². The van der Waals surface area contributed by atoms with Crippen molar-refractivity contribution >= 4 is 11.5 Å². The molecule has 122 valence electrons. The first-order valence-electron chi connectivity index (χ1n) is 7.07. The Bertz CT molecular complexity index is 504. The van der Waals surface area contributed by atoms with Gasteiger partial charge in [-0.2, -0.15) is 13.2 Å². The molecule has 0 radical (unpaired) electrons. The van der Waals surface area contributed by atoms with Crippen molar-refractivity contribution in [1.29, 1.82) is 0 Å². The van der Waals surface area contributed by atoms with Crippen LogP contribution in [0.2, 0.25) is 0 Å². The van der Waals surface area contributed by atoms with Crippen molar-refractivity contribution in [1.82, 2.24) is 0 Å². The lowest BCUT2D eigenvalue weighted by Gasteiger charge is -2.13. The van der Waals surface area contributed by atoms with Gasteiger partial charge in [0.25, 0.3) is 5.78 Å². The maximum absolute atomic E-state index is 12.1. The minimum Gasteiger partial charge on any atom is -0.872 e. The van der Waals surface area contributed by atoms with Crippen LogP contribution >= 0.6 is 0 Å². The van der Waals surface area contributed by atoms with Crippen molar-refractivity contribution in [3.8, 4) is 5.75 Å². The molecule has 0 N–H and O–H groups in total. The van der Waals surface area contributed by atoms with Gasteiger partial charge in [0.05, 0.1) is 6.61 Å². The number of allylic oxidation sites excluding steroid dienone is 1. The van der Waals surface area contributed by atoms with Crippen molar-refractivity contribution in [2.45, 2.75) is 38.8 Å². The minimum absolute atomic E-state index is 0.0101. The van der Waals surface area contributed by atoms with E-state index in [1.807, 2.05) is 0 Å². The molecule has 1 aromatic carbocycles. The minimum atomic E-state index is -5.03. The summed E-state index contributed by atoms with van der Waals surface area (Å²) in [5.74, 6) is -2.60. The molecule has 6 heteroatoms. The SMILES string of the molecule is CCCCCCOc1ccc(/C([O-])=C/C(=O)C(F)(F)F)cc1. The first-order chi connectivity index (χ1) is 10.3. The van der Waals surface area contributed by atoms with Gasteiger partial charge in [-0.05, 0) is 30.2 Å². The Kier molecular flexibility index (Phi) is 6.95. The fourth-order valence-electron chi connectivity index (χ4n) is 1.72. The third-order valence-corrected chi connectivity index (χ3v) is 2.95. The molecule has 0 bridgehead atoms. The second kappa shape index (κ2) is 8.46. The van der Waals surface area contributed by atoms with Gasteiger partial charge in [-0.1, -0.05) is 44.1 Å². The third-order valence-electron chi connectivity index (χ3n) is 2.95. The molecule has 22 heavy (non-hydrogen) atoms. The van der Waals surface area contributed by atoms with Gasteiger partial charge in [-0.3, -0.25) is 4.79 Å². The normalized spacial score (nSPS) is 12.3. The number of halogens is 3. The second-order valence-corrected chi connectivity index (χ2v) is 4.80. The van der Waals surface area contributed by atoms with Crippen LogP contribution in [0.25, 0.3) is 5.76 Å². The van der Waals surface area contributed by atoms with Crippen LogP contribution in [-0.2, 0) is 4.79 Å². The first kappa shape index (κ1) is 18.1. The Hall–Kier alpha value is -1.98. The van der Waals surface area contributed by atoms with E-state index in [1.165, 1.54) is 24.3 Å². The molecule has 0 aliphatic rings. The molecular weight excluding hydrogens is 297 g/mol. The number of rotatable bonds is 8. The quantitative estimate of drug-likeness (QED) is 0.419. The standard InChI is InChI=1S/C16H19F3O3/c1-2-3-4-5-10-22-13-8-6-12(7-9-13)14(20)11-15(21)16(17,18)19/h6-9,11,20H,2-5,10H2,1H3/p-1/b14-11-. The average Bonchev–Trinajstić information content (AvgIpc) is 2.46. The molecule has 1 rings (SSSR count). The lowest BCUT2D eigenvalue weighted by atomic mass is 10.1. The van der Waals surface area contributed by atoms with E-state index >= 15 is 0 Å². The highest BCUT2D eigenvalue weighted by Crippen LogP contribution is 2.20. The van der Waals surface area contributed by atoms with Crippen LogP contribution in [0.5, 0.6) is 5.75 Å². The van der Waals surface area contributed by atoms with Gasteiger partial charge >= 0.3 is 6.18 Å². The summed E-state index contributed by atoms with van der Waals surface area (Å²) >= 11 is 0. The van der Waals surface area contributed by atoms with Gasteiger partial charge in [0, 0.05) is 0 Å². The summed E-state index contributed by atoms with van der Waals surface area (Å²) in [6, 6.07) is 5.67. The van der Waals surface area contributed by atoms with E-state index in [1.54, 1.807) is 0 Å². The fraction of sp³-hybridized carbons (Fsp3) is 0.438. The van der Waals surface area contributed by atoms with Crippen LogP contribution in [0.4, 0.5) is 13.2 Å². The molecule has 0 spiro atoms. The number of ketones is 1. The second-order valence-electron chi connectivity index (χ2n) is 4.80. The Morgan fingerprint density at radius 1 is 1.18 bits per heavy atom. The highest BCUT2D eigenvalue weighted by molar-refractivity contribution is 5.98. The van der Waals surface area contributed by atoms with Crippen molar-refractivity contribution in [3.05, 3.63) is 35.9 Å². The molecule has 0 unspecified atom stereocenters. The molecule has 0 saturated heterocycles. The monoisotopic (exact) mass is 315 g/mol. The molecule has 3 nitrogen and oxygen atoms in total. The number of alkyl halides is 3. The van der Waals surface area contributed by atoms with E-state index in [2.05, 4.69) is 6.92 Å². The Morgan fingerprint density at radius 3 is 2.36 bits per heavy atom.